The third-order valence-electron chi connectivity index (χ3n) is 4.28. The summed E-state index contributed by atoms with van der Waals surface area (Å²) in [4.78, 5) is 16.6. The van der Waals surface area contributed by atoms with Gasteiger partial charge in [-0.25, -0.2) is 0 Å². The van der Waals surface area contributed by atoms with Crippen molar-refractivity contribution >= 4 is 22.2 Å². The van der Waals surface area contributed by atoms with Crippen LogP contribution >= 0.6 is 11.3 Å². The van der Waals surface area contributed by atoms with E-state index in [9.17, 15) is 10.1 Å². The number of hydrogen-bond donors (Lipinski definition) is 0. The van der Waals surface area contributed by atoms with Gasteiger partial charge in [0.1, 0.15) is 12.3 Å². The van der Waals surface area contributed by atoms with Crippen LogP contribution in [0.4, 0.5) is 0 Å². The van der Waals surface area contributed by atoms with E-state index < -0.39 is 5.09 Å². The van der Waals surface area contributed by atoms with Gasteiger partial charge in [-0.15, -0.1) is 21.5 Å². The van der Waals surface area contributed by atoms with Crippen molar-refractivity contribution in [3.05, 3.63) is 86.8 Å². The van der Waals surface area contributed by atoms with Crippen molar-refractivity contribution in [3.8, 4) is 10.6 Å². The fourth-order valence-corrected chi connectivity index (χ4v) is 4.03. The van der Waals surface area contributed by atoms with Crippen molar-refractivity contribution in [2.24, 2.45) is 0 Å². The van der Waals surface area contributed by atoms with E-state index in [0.717, 1.165) is 26.4 Å². The molecule has 2 aromatic carbocycles. The lowest BCUT2D eigenvalue weighted by molar-refractivity contribution is -0.762. The van der Waals surface area contributed by atoms with Crippen molar-refractivity contribution in [2.75, 3.05) is 0 Å². The first-order chi connectivity index (χ1) is 13.1. The molecule has 4 aromatic rings. The van der Waals surface area contributed by atoms with Crippen LogP contribution in [0.2, 0.25) is 0 Å². The van der Waals surface area contributed by atoms with Crippen LogP contribution in [0.3, 0.4) is 0 Å². The number of thiophene rings is 1. The van der Waals surface area contributed by atoms with Crippen LogP contribution in [-0.4, -0.2) is 14.9 Å². The SMILES string of the molecule is Cc1cccc(Cn2nc(-c3ccc(CO[N+](=O)[O-])s3)c3ccccc32)c1. The number of para-hydroxylation sites is 1. The Balaban J connectivity index is 1.71. The summed E-state index contributed by atoms with van der Waals surface area (Å²) in [6.45, 7) is 2.72. The molecule has 0 aliphatic rings. The molecular weight excluding hydrogens is 362 g/mol. The molecule has 0 fully saturated rings. The van der Waals surface area contributed by atoms with E-state index in [-0.39, 0.29) is 6.61 Å². The fraction of sp³-hybridized carbons (Fsp3) is 0.150. The molecule has 0 amide bonds. The summed E-state index contributed by atoms with van der Waals surface area (Å²) in [7, 11) is 0. The van der Waals surface area contributed by atoms with Gasteiger partial charge in [-0.05, 0) is 30.7 Å². The van der Waals surface area contributed by atoms with Gasteiger partial charge < -0.3 is 4.84 Å². The average molecular weight is 379 g/mol. The number of benzene rings is 2. The molecule has 2 heterocycles. The number of fused-ring (bicyclic) bond motifs is 1. The van der Waals surface area contributed by atoms with Gasteiger partial charge in [-0.3, -0.25) is 4.68 Å². The average Bonchev–Trinajstić information content (AvgIpc) is 3.25. The predicted molar refractivity (Wildman–Crippen MR) is 105 cm³/mol. The molecule has 7 heteroatoms. The lowest BCUT2D eigenvalue weighted by Crippen LogP contribution is -2.01. The van der Waals surface area contributed by atoms with Gasteiger partial charge in [0.15, 0.2) is 0 Å². The highest BCUT2D eigenvalue weighted by atomic mass is 32.1. The van der Waals surface area contributed by atoms with E-state index in [0.29, 0.717) is 6.54 Å². The Morgan fingerprint density at radius 3 is 2.81 bits per heavy atom. The number of aromatic nitrogens is 2. The van der Waals surface area contributed by atoms with Crippen molar-refractivity contribution in [3.63, 3.8) is 0 Å². The highest BCUT2D eigenvalue weighted by Crippen LogP contribution is 2.33. The van der Waals surface area contributed by atoms with Crippen LogP contribution < -0.4 is 0 Å². The molecule has 6 nitrogen and oxygen atoms in total. The minimum atomic E-state index is -0.772. The highest BCUT2D eigenvalue weighted by molar-refractivity contribution is 7.15. The minimum absolute atomic E-state index is 0.0421. The standard InChI is InChI=1S/C20H17N3O3S/c1-14-5-4-6-15(11-14)12-22-18-8-3-2-7-17(18)20(21-22)19-10-9-16(27-19)13-26-23(24)25/h2-11H,12-13H2,1H3. The van der Waals surface area contributed by atoms with Gasteiger partial charge in [-0.2, -0.15) is 5.10 Å². The predicted octanol–water partition coefficient (Wildman–Crippen LogP) is 4.83. The normalized spacial score (nSPS) is 11.0. The third-order valence-corrected chi connectivity index (χ3v) is 5.35. The number of hydrogen-bond acceptors (Lipinski definition) is 5. The number of nitrogens with zero attached hydrogens (tertiary/aromatic N) is 3. The second-order valence-corrected chi connectivity index (χ2v) is 7.44. The van der Waals surface area contributed by atoms with Gasteiger partial charge >= 0.3 is 0 Å². The molecule has 136 valence electrons. The van der Waals surface area contributed by atoms with Crippen molar-refractivity contribution in [1.29, 1.82) is 0 Å². The molecule has 27 heavy (non-hydrogen) atoms. The molecule has 0 unspecified atom stereocenters. The van der Waals surface area contributed by atoms with Crippen LogP contribution in [0, 0.1) is 17.0 Å². The molecule has 0 saturated carbocycles. The summed E-state index contributed by atoms with van der Waals surface area (Å²) in [6.07, 6.45) is 0. The molecule has 0 aliphatic heterocycles. The van der Waals surface area contributed by atoms with Crippen molar-refractivity contribution in [2.45, 2.75) is 20.1 Å². The molecular formula is C20H17N3O3S. The topological polar surface area (TPSA) is 70.2 Å². The zero-order chi connectivity index (χ0) is 18.8. The summed E-state index contributed by atoms with van der Waals surface area (Å²) >= 11 is 1.46. The highest BCUT2D eigenvalue weighted by Gasteiger charge is 2.14. The molecule has 0 atom stereocenters. The molecule has 0 N–H and O–H groups in total. The largest absolute Gasteiger partial charge is 0.308 e. The smallest absolute Gasteiger partial charge is 0.294 e. The number of aryl methyl sites for hydroxylation is 1. The second-order valence-electron chi connectivity index (χ2n) is 6.28. The fourth-order valence-electron chi connectivity index (χ4n) is 3.11. The van der Waals surface area contributed by atoms with Gasteiger partial charge in [0.25, 0.3) is 5.09 Å². The molecule has 0 saturated heterocycles. The zero-order valence-corrected chi connectivity index (χ0v) is 15.5. The lowest BCUT2D eigenvalue weighted by Gasteiger charge is -2.04. The summed E-state index contributed by atoms with van der Waals surface area (Å²) < 4.78 is 2.01. The van der Waals surface area contributed by atoms with E-state index in [1.807, 2.05) is 28.9 Å². The maximum atomic E-state index is 10.4. The van der Waals surface area contributed by atoms with Crippen LogP contribution in [0.15, 0.2) is 60.7 Å². The van der Waals surface area contributed by atoms with Crippen LogP contribution in [0.25, 0.3) is 21.5 Å². The zero-order valence-electron chi connectivity index (χ0n) is 14.7. The first-order valence-corrected chi connectivity index (χ1v) is 9.29. The molecule has 4 rings (SSSR count). The van der Waals surface area contributed by atoms with Crippen LogP contribution in [-0.2, 0) is 18.0 Å². The van der Waals surface area contributed by atoms with E-state index in [1.54, 1.807) is 0 Å². The molecule has 0 spiro atoms. The van der Waals surface area contributed by atoms with E-state index in [2.05, 4.69) is 48.2 Å². The Kier molecular flexibility index (Phi) is 4.60. The Morgan fingerprint density at radius 2 is 2.00 bits per heavy atom. The monoisotopic (exact) mass is 379 g/mol. The third kappa shape index (κ3) is 3.68. The quantitative estimate of drug-likeness (QED) is 0.355. The van der Waals surface area contributed by atoms with Crippen molar-refractivity contribution in [1.82, 2.24) is 9.78 Å². The van der Waals surface area contributed by atoms with E-state index in [4.69, 9.17) is 5.10 Å². The maximum Gasteiger partial charge on any atom is 0.294 e. The van der Waals surface area contributed by atoms with Crippen LogP contribution in [0.5, 0.6) is 0 Å². The minimum Gasteiger partial charge on any atom is -0.308 e. The van der Waals surface area contributed by atoms with E-state index >= 15 is 0 Å². The molecule has 0 bridgehead atoms. The first-order valence-electron chi connectivity index (χ1n) is 8.47. The van der Waals surface area contributed by atoms with Gasteiger partial charge in [0.2, 0.25) is 0 Å². The first kappa shape index (κ1) is 17.2. The molecule has 0 radical (unpaired) electrons. The summed E-state index contributed by atoms with van der Waals surface area (Å²) in [6, 6.07) is 20.3. The Hall–Kier alpha value is -3.19. The summed E-state index contributed by atoms with van der Waals surface area (Å²) in [5.74, 6) is 0. The Morgan fingerprint density at radius 1 is 1.15 bits per heavy atom. The summed E-state index contributed by atoms with van der Waals surface area (Å²) in [5, 5.41) is 15.5. The van der Waals surface area contributed by atoms with Crippen molar-refractivity contribution < 1.29 is 9.92 Å². The van der Waals surface area contributed by atoms with Gasteiger partial charge in [-0.1, -0.05) is 48.0 Å². The van der Waals surface area contributed by atoms with Gasteiger partial charge in [0, 0.05) is 10.3 Å². The Bertz CT molecular complexity index is 1120. The molecule has 0 aliphatic carbocycles. The molecule has 2 aromatic heterocycles. The second kappa shape index (κ2) is 7.20. The van der Waals surface area contributed by atoms with E-state index in [1.165, 1.54) is 22.5 Å². The number of rotatable bonds is 6. The lowest BCUT2D eigenvalue weighted by atomic mass is 10.1. The maximum absolute atomic E-state index is 10.4. The summed E-state index contributed by atoms with van der Waals surface area (Å²) in [5.41, 5.74) is 4.36. The van der Waals surface area contributed by atoms with Crippen LogP contribution in [0.1, 0.15) is 16.0 Å². The van der Waals surface area contributed by atoms with Gasteiger partial charge in [0.05, 0.1) is 16.9 Å². The Labute approximate surface area is 159 Å².